The van der Waals surface area contributed by atoms with Crippen LogP contribution in [0.25, 0.3) is 0 Å². The van der Waals surface area contributed by atoms with E-state index in [0.717, 1.165) is 0 Å². The number of hydrogen-bond acceptors (Lipinski definition) is 3. The summed E-state index contributed by atoms with van der Waals surface area (Å²) in [5.41, 5.74) is 0. The van der Waals surface area contributed by atoms with Crippen molar-refractivity contribution in [1.82, 2.24) is 4.72 Å². The lowest BCUT2D eigenvalue weighted by molar-refractivity contribution is -0.241. The van der Waals surface area contributed by atoms with E-state index >= 15 is 0 Å². The highest BCUT2D eigenvalue weighted by molar-refractivity contribution is 7.90. The Bertz CT molecular complexity index is 269. The third-order valence-electron chi connectivity index (χ3n) is 0.922. The fourth-order valence-electron chi connectivity index (χ4n) is 0.328. The molecule has 0 bridgehead atoms. The molecule has 0 amide bonds. The monoisotopic (exact) mass is 229 g/mol. The van der Waals surface area contributed by atoms with Gasteiger partial charge in [0.1, 0.15) is 6.73 Å². The van der Waals surface area contributed by atoms with E-state index in [2.05, 4.69) is 0 Å². The molecule has 2 N–H and O–H groups in total. The number of sulfonamides is 1. The first-order valence-corrected chi connectivity index (χ1v) is 4.09. The molecule has 0 fully saturated rings. The molecule has 0 rings (SSSR count). The van der Waals surface area contributed by atoms with Crippen LogP contribution in [0.2, 0.25) is 0 Å². The van der Waals surface area contributed by atoms with E-state index in [1.165, 1.54) is 0 Å². The van der Waals surface area contributed by atoms with Gasteiger partial charge in [0.25, 0.3) is 10.0 Å². The van der Waals surface area contributed by atoms with E-state index in [-0.39, 0.29) is 0 Å². The molecule has 0 aliphatic carbocycles. The van der Waals surface area contributed by atoms with Crippen molar-refractivity contribution in [2.24, 2.45) is 0 Å². The smallest absolute Gasteiger partial charge is 0.380 e. The standard InChI is InChI=1S/C3H4F5NO3S/c4-2(5,6)3(7,8)13(11,12)9-1-10/h9-10H,1H2. The van der Waals surface area contributed by atoms with E-state index in [1.807, 2.05) is 0 Å². The quantitative estimate of drug-likeness (QED) is 0.529. The molecule has 10 heteroatoms. The van der Waals surface area contributed by atoms with Crippen molar-refractivity contribution in [3.05, 3.63) is 0 Å². The molecule has 0 aromatic heterocycles. The number of nitrogens with one attached hydrogen (secondary N) is 1. The minimum absolute atomic E-state index is 0.626. The van der Waals surface area contributed by atoms with Crippen molar-refractivity contribution >= 4 is 10.0 Å². The molecule has 0 saturated carbocycles. The summed E-state index contributed by atoms with van der Waals surface area (Å²) < 4.78 is 79.2. The van der Waals surface area contributed by atoms with Crippen molar-refractivity contribution in [2.45, 2.75) is 11.4 Å². The van der Waals surface area contributed by atoms with Gasteiger partial charge in [-0.3, -0.25) is 0 Å². The molecule has 0 heterocycles. The van der Waals surface area contributed by atoms with Crippen LogP contribution in [0.5, 0.6) is 0 Å². The number of aliphatic hydroxyl groups excluding tert-OH is 1. The average molecular weight is 229 g/mol. The van der Waals surface area contributed by atoms with Crippen LogP contribution in [0, 0.1) is 0 Å². The Morgan fingerprint density at radius 1 is 1.15 bits per heavy atom. The van der Waals surface area contributed by atoms with Crippen LogP contribution in [0.15, 0.2) is 0 Å². The molecular weight excluding hydrogens is 225 g/mol. The van der Waals surface area contributed by atoms with Gasteiger partial charge in [-0.2, -0.15) is 26.7 Å². The van der Waals surface area contributed by atoms with Gasteiger partial charge in [-0.15, -0.1) is 0 Å². The fraction of sp³-hybridized carbons (Fsp3) is 1.00. The van der Waals surface area contributed by atoms with Gasteiger partial charge >= 0.3 is 11.4 Å². The molecule has 0 atom stereocenters. The predicted octanol–water partition coefficient (Wildman–Crippen LogP) is 0.0107. The zero-order valence-electron chi connectivity index (χ0n) is 5.77. The fourth-order valence-corrected chi connectivity index (χ4v) is 0.984. The van der Waals surface area contributed by atoms with Crippen molar-refractivity contribution < 1.29 is 35.5 Å². The third-order valence-corrected chi connectivity index (χ3v) is 2.34. The normalized spacial score (nSPS) is 14.6. The number of alkyl halides is 5. The van der Waals surface area contributed by atoms with E-state index in [1.54, 1.807) is 0 Å². The molecule has 4 nitrogen and oxygen atoms in total. The maximum Gasteiger partial charge on any atom is 0.470 e. The van der Waals surface area contributed by atoms with Gasteiger partial charge in [-0.1, -0.05) is 0 Å². The van der Waals surface area contributed by atoms with Crippen LogP contribution in [-0.4, -0.2) is 31.7 Å². The van der Waals surface area contributed by atoms with Gasteiger partial charge in [0.15, 0.2) is 0 Å². The van der Waals surface area contributed by atoms with Crippen LogP contribution < -0.4 is 4.72 Å². The van der Waals surface area contributed by atoms with Gasteiger partial charge < -0.3 is 5.11 Å². The highest BCUT2D eigenvalue weighted by Crippen LogP contribution is 2.38. The Balaban J connectivity index is 5.06. The minimum Gasteiger partial charge on any atom is -0.380 e. The summed E-state index contributed by atoms with van der Waals surface area (Å²) in [6, 6.07) is 0. The Labute approximate surface area is 69.4 Å². The van der Waals surface area contributed by atoms with E-state index < -0.39 is 28.2 Å². The zero-order valence-corrected chi connectivity index (χ0v) is 6.59. The van der Waals surface area contributed by atoms with Gasteiger partial charge in [-0.25, -0.2) is 8.42 Å². The Morgan fingerprint density at radius 3 is 1.77 bits per heavy atom. The maximum absolute atomic E-state index is 12.0. The summed E-state index contributed by atoms with van der Waals surface area (Å²) in [6.45, 7) is -1.53. The van der Waals surface area contributed by atoms with Crippen LogP contribution in [0.3, 0.4) is 0 Å². The number of hydrogen-bond donors (Lipinski definition) is 2. The summed E-state index contributed by atoms with van der Waals surface area (Å²) in [4.78, 5) is 0. The lowest BCUT2D eigenvalue weighted by Crippen LogP contribution is -2.50. The molecule has 0 unspecified atom stereocenters. The second kappa shape index (κ2) is 3.35. The molecule has 13 heavy (non-hydrogen) atoms. The molecule has 0 radical (unpaired) electrons. The van der Waals surface area contributed by atoms with Crippen molar-refractivity contribution in [1.29, 1.82) is 0 Å². The van der Waals surface area contributed by atoms with Crippen molar-refractivity contribution in [2.75, 3.05) is 6.73 Å². The second-order valence-corrected chi connectivity index (χ2v) is 3.63. The Hall–Kier alpha value is -0.480. The molecule has 80 valence electrons. The van der Waals surface area contributed by atoms with E-state index in [9.17, 15) is 30.4 Å². The third kappa shape index (κ3) is 2.25. The zero-order chi connectivity index (χ0) is 10.9. The Morgan fingerprint density at radius 2 is 1.54 bits per heavy atom. The second-order valence-electron chi connectivity index (χ2n) is 1.82. The SMILES string of the molecule is O=S(=O)(NCO)C(F)(F)C(F)(F)F. The van der Waals surface area contributed by atoms with E-state index in [4.69, 9.17) is 5.11 Å². The molecule has 0 saturated heterocycles. The molecular formula is C3H4F5NO3S. The highest BCUT2D eigenvalue weighted by Gasteiger charge is 2.67. The first-order valence-electron chi connectivity index (χ1n) is 2.61. The van der Waals surface area contributed by atoms with Crippen LogP contribution in [0.1, 0.15) is 0 Å². The summed E-state index contributed by atoms with van der Waals surface area (Å²) >= 11 is 0. The molecule has 0 aromatic rings. The average Bonchev–Trinajstić information content (AvgIpc) is 1.84. The van der Waals surface area contributed by atoms with Crippen LogP contribution in [-0.2, 0) is 10.0 Å². The lowest BCUT2D eigenvalue weighted by atomic mass is 10.7. The van der Waals surface area contributed by atoms with Gasteiger partial charge in [0.05, 0.1) is 0 Å². The summed E-state index contributed by atoms with van der Waals surface area (Å²) in [5.74, 6) is 0. The molecule has 0 aromatic carbocycles. The maximum atomic E-state index is 12.0. The van der Waals surface area contributed by atoms with Crippen LogP contribution in [0.4, 0.5) is 22.0 Å². The Kier molecular flexibility index (Phi) is 3.22. The number of rotatable bonds is 3. The first-order chi connectivity index (χ1) is 5.56. The summed E-state index contributed by atoms with van der Waals surface area (Å²) in [6.07, 6.45) is -6.21. The van der Waals surface area contributed by atoms with Gasteiger partial charge in [0.2, 0.25) is 0 Å². The van der Waals surface area contributed by atoms with Gasteiger partial charge in [-0.05, 0) is 0 Å². The molecule has 0 aliphatic rings. The number of halogens is 5. The van der Waals surface area contributed by atoms with Crippen molar-refractivity contribution in [3.63, 3.8) is 0 Å². The minimum atomic E-state index is -6.21. The molecule has 0 aliphatic heterocycles. The van der Waals surface area contributed by atoms with Crippen molar-refractivity contribution in [3.8, 4) is 0 Å². The van der Waals surface area contributed by atoms with Crippen LogP contribution >= 0.6 is 0 Å². The number of aliphatic hydroxyl groups is 1. The lowest BCUT2D eigenvalue weighted by Gasteiger charge is -2.18. The predicted molar refractivity (Wildman–Crippen MR) is 30.1 cm³/mol. The first kappa shape index (κ1) is 12.5. The topological polar surface area (TPSA) is 66.4 Å². The largest absolute Gasteiger partial charge is 0.470 e. The van der Waals surface area contributed by atoms with E-state index in [0.29, 0.717) is 4.72 Å². The molecule has 0 spiro atoms. The summed E-state index contributed by atoms with van der Waals surface area (Å²) in [5, 5.41) is 1.93. The highest BCUT2D eigenvalue weighted by atomic mass is 32.2. The van der Waals surface area contributed by atoms with Gasteiger partial charge in [0, 0.05) is 0 Å². The summed E-state index contributed by atoms with van der Waals surface area (Å²) in [7, 11) is -5.93.